The largest absolute Gasteiger partial charge is 0.375 e. The molecule has 7 nitrogen and oxygen atoms in total. The van der Waals surface area contributed by atoms with E-state index < -0.39 is 0 Å². The van der Waals surface area contributed by atoms with Crippen LogP contribution in [0.1, 0.15) is 18.5 Å². The topological polar surface area (TPSA) is 96.6 Å². The predicted molar refractivity (Wildman–Crippen MR) is 91.3 cm³/mol. The molecule has 3 N–H and O–H groups in total. The van der Waals surface area contributed by atoms with Crippen molar-refractivity contribution in [3.8, 4) is 22.0 Å². The smallest absolute Gasteiger partial charge is 0.181 e. The van der Waals surface area contributed by atoms with Crippen LogP contribution in [0, 0.1) is 6.92 Å². The van der Waals surface area contributed by atoms with Crippen LogP contribution in [0.3, 0.4) is 0 Å². The van der Waals surface area contributed by atoms with Gasteiger partial charge in [-0.1, -0.05) is 11.3 Å². The van der Waals surface area contributed by atoms with Gasteiger partial charge in [-0.15, -0.1) is 0 Å². The van der Waals surface area contributed by atoms with E-state index in [0.29, 0.717) is 11.0 Å². The van der Waals surface area contributed by atoms with Crippen LogP contribution in [0.2, 0.25) is 0 Å². The highest BCUT2D eigenvalue weighted by Crippen LogP contribution is 2.40. The lowest BCUT2D eigenvalue weighted by atomic mass is 10.2. The Morgan fingerprint density at radius 2 is 2.09 bits per heavy atom. The zero-order valence-electron chi connectivity index (χ0n) is 12.8. The van der Waals surface area contributed by atoms with Crippen LogP contribution >= 0.6 is 11.3 Å². The second-order valence-corrected chi connectivity index (χ2v) is 6.61. The van der Waals surface area contributed by atoms with Crippen molar-refractivity contribution in [2.75, 3.05) is 23.7 Å². The molecule has 1 fully saturated rings. The molecular formula is C15H17N7S. The summed E-state index contributed by atoms with van der Waals surface area (Å²) in [6.45, 7) is 4.01. The van der Waals surface area contributed by atoms with Gasteiger partial charge < -0.3 is 10.6 Å². The van der Waals surface area contributed by atoms with Crippen molar-refractivity contribution >= 4 is 22.3 Å². The summed E-state index contributed by atoms with van der Waals surface area (Å²) in [5, 5.41) is 7.83. The first-order valence-electron chi connectivity index (χ1n) is 7.57. The zero-order chi connectivity index (χ0) is 15.8. The van der Waals surface area contributed by atoms with Crippen molar-refractivity contribution in [3.63, 3.8) is 0 Å². The van der Waals surface area contributed by atoms with E-state index in [2.05, 4.69) is 30.0 Å². The number of aromatic amines is 1. The minimum atomic E-state index is 0.508. The summed E-state index contributed by atoms with van der Waals surface area (Å²) in [5.41, 5.74) is 8.65. The molecule has 1 aliphatic heterocycles. The van der Waals surface area contributed by atoms with E-state index in [1.54, 1.807) is 12.4 Å². The summed E-state index contributed by atoms with van der Waals surface area (Å²) < 4.78 is 0. The summed E-state index contributed by atoms with van der Waals surface area (Å²) in [6, 6.07) is 1.88. The van der Waals surface area contributed by atoms with Crippen LogP contribution in [-0.4, -0.2) is 38.2 Å². The van der Waals surface area contributed by atoms with Crippen LogP contribution in [0.15, 0.2) is 18.5 Å². The SMILES string of the molecule is Cc1ccnc(-c2sc(N)nc2-c2cn[nH]c2N2CCCC2)n1. The van der Waals surface area contributed by atoms with Gasteiger partial charge >= 0.3 is 0 Å². The lowest BCUT2D eigenvalue weighted by Crippen LogP contribution is -2.18. The lowest BCUT2D eigenvalue weighted by molar-refractivity contribution is 0.921. The highest BCUT2D eigenvalue weighted by Gasteiger charge is 2.24. The maximum absolute atomic E-state index is 5.97. The third-order valence-electron chi connectivity index (χ3n) is 3.94. The Bertz CT molecular complexity index is 832. The number of rotatable bonds is 3. The summed E-state index contributed by atoms with van der Waals surface area (Å²) >= 11 is 1.41. The van der Waals surface area contributed by atoms with E-state index in [4.69, 9.17) is 5.73 Å². The molecule has 0 spiro atoms. The number of H-pyrrole nitrogens is 1. The van der Waals surface area contributed by atoms with Crippen molar-refractivity contribution in [2.45, 2.75) is 19.8 Å². The number of aryl methyl sites for hydroxylation is 1. The number of thiazole rings is 1. The van der Waals surface area contributed by atoms with Gasteiger partial charge in [-0.25, -0.2) is 15.0 Å². The number of anilines is 2. The number of hydrogen-bond acceptors (Lipinski definition) is 7. The third-order valence-corrected chi connectivity index (χ3v) is 4.82. The number of hydrogen-bond donors (Lipinski definition) is 2. The predicted octanol–water partition coefficient (Wildman–Crippen LogP) is 2.48. The van der Waals surface area contributed by atoms with Gasteiger partial charge in [0.05, 0.1) is 17.5 Å². The quantitative estimate of drug-likeness (QED) is 0.767. The first-order chi connectivity index (χ1) is 11.2. The minimum absolute atomic E-state index is 0.508. The summed E-state index contributed by atoms with van der Waals surface area (Å²) in [4.78, 5) is 16.6. The van der Waals surface area contributed by atoms with Gasteiger partial charge in [0.15, 0.2) is 11.0 Å². The Labute approximate surface area is 137 Å². The third kappa shape index (κ3) is 2.55. The molecule has 4 rings (SSSR count). The van der Waals surface area contributed by atoms with E-state index in [1.165, 1.54) is 24.2 Å². The molecule has 0 unspecified atom stereocenters. The maximum atomic E-state index is 5.97. The van der Waals surface area contributed by atoms with Gasteiger partial charge in [-0.05, 0) is 25.8 Å². The van der Waals surface area contributed by atoms with Gasteiger partial charge in [0.2, 0.25) is 0 Å². The fourth-order valence-electron chi connectivity index (χ4n) is 2.86. The normalized spacial score (nSPS) is 14.6. The van der Waals surface area contributed by atoms with Gasteiger partial charge in [-0.3, -0.25) is 5.10 Å². The molecular weight excluding hydrogens is 310 g/mol. The fraction of sp³-hybridized carbons (Fsp3) is 0.333. The average Bonchev–Trinajstić information content (AvgIpc) is 3.26. The van der Waals surface area contributed by atoms with Gasteiger partial charge in [-0.2, -0.15) is 5.10 Å². The lowest BCUT2D eigenvalue weighted by Gasteiger charge is -2.16. The Balaban J connectivity index is 1.83. The Morgan fingerprint density at radius 1 is 1.26 bits per heavy atom. The highest BCUT2D eigenvalue weighted by atomic mass is 32.1. The van der Waals surface area contributed by atoms with Crippen LogP contribution < -0.4 is 10.6 Å². The summed E-state index contributed by atoms with van der Waals surface area (Å²) in [5.74, 6) is 1.66. The number of nitrogen functional groups attached to an aromatic ring is 1. The first-order valence-corrected chi connectivity index (χ1v) is 8.39. The van der Waals surface area contributed by atoms with Crippen LogP contribution in [0.25, 0.3) is 22.0 Å². The van der Waals surface area contributed by atoms with E-state index in [0.717, 1.165) is 40.7 Å². The molecule has 1 aliphatic rings. The number of nitrogens with zero attached hydrogens (tertiary/aromatic N) is 5. The molecule has 0 aliphatic carbocycles. The molecule has 118 valence electrons. The van der Waals surface area contributed by atoms with Crippen molar-refractivity contribution in [1.29, 1.82) is 0 Å². The van der Waals surface area contributed by atoms with Gasteiger partial charge in [0.1, 0.15) is 10.7 Å². The van der Waals surface area contributed by atoms with Crippen molar-refractivity contribution in [1.82, 2.24) is 25.1 Å². The number of nitrogens with one attached hydrogen (secondary N) is 1. The molecule has 3 aromatic heterocycles. The molecule has 8 heteroatoms. The molecule has 0 atom stereocenters. The second-order valence-electron chi connectivity index (χ2n) is 5.58. The maximum Gasteiger partial charge on any atom is 0.181 e. The Hall–Kier alpha value is -2.48. The van der Waals surface area contributed by atoms with E-state index in [9.17, 15) is 0 Å². The molecule has 1 saturated heterocycles. The number of nitrogens with two attached hydrogens (primary N) is 1. The van der Waals surface area contributed by atoms with E-state index >= 15 is 0 Å². The fourth-order valence-corrected chi connectivity index (χ4v) is 3.65. The first kappa shape index (κ1) is 14.1. The minimum Gasteiger partial charge on any atom is -0.375 e. The summed E-state index contributed by atoms with van der Waals surface area (Å²) in [7, 11) is 0. The standard InChI is InChI=1S/C15H17N7S/c1-9-4-5-17-13(19-9)12-11(20-15(16)23-12)10-8-18-21-14(10)22-6-2-3-7-22/h4-5,8H,2-3,6-7H2,1H3,(H2,16,20)(H,18,21). The molecule has 0 bridgehead atoms. The van der Waals surface area contributed by atoms with Crippen LogP contribution in [0.5, 0.6) is 0 Å². The van der Waals surface area contributed by atoms with Crippen LogP contribution in [-0.2, 0) is 0 Å². The molecule has 4 heterocycles. The van der Waals surface area contributed by atoms with Gasteiger partial charge in [0.25, 0.3) is 0 Å². The average molecular weight is 327 g/mol. The van der Waals surface area contributed by atoms with Crippen molar-refractivity contribution in [2.24, 2.45) is 0 Å². The van der Waals surface area contributed by atoms with E-state index in [-0.39, 0.29) is 0 Å². The van der Waals surface area contributed by atoms with Crippen LogP contribution in [0.4, 0.5) is 10.9 Å². The molecule has 3 aromatic rings. The molecule has 23 heavy (non-hydrogen) atoms. The molecule has 0 saturated carbocycles. The summed E-state index contributed by atoms with van der Waals surface area (Å²) in [6.07, 6.45) is 5.96. The highest BCUT2D eigenvalue weighted by molar-refractivity contribution is 7.19. The molecule has 0 amide bonds. The molecule has 0 radical (unpaired) electrons. The number of aromatic nitrogens is 5. The molecule has 0 aromatic carbocycles. The Kier molecular flexibility index (Phi) is 3.45. The van der Waals surface area contributed by atoms with E-state index in [1.807, 2.05) is 13.0 Å². The second kappa shape index (κ2) is 5.62. The van der Waals surface area contributed by atoms with Crippen molar-refractivity contribution in [3.05, 3.63) is 24.2 Å². The van der Waals surface area contributed by atoms with Crippen molar-refractivity contribution < 1.29 is 0 Å². The monoisotopic (exact) mass is 327 g/mol. The zero-order valence-corrected chi connectivity index (χ0v) is 13.6. The van der Waals surface area contributed by atoms with Gasteiger partial charge in [0, 0.05) is 25.0 Å². The Morgan fingerprint density at radius 3 is 2.87 bits per heavy atom.